The first-order valence-corrected chi connectivity index (χ1v) is 25.1. The summed E-state index contributed by atoms with van der Waals surface area (Å²) in [7, 11) is 0. The van der Waals surface area contributed by atoms with Crippen LogP contribution in [0.2, 0.25) is 0 Å². The highest BCUT2D eigenvalue weighted by Gasteiger charge is 2.19. The molecule has 0 aliphatic rings. The average molecular weight is 807 g/mol. The van der Waals surface area contributed by atoms with Gasteiger partial charge in [-0.05, 0) is 37.0 Å². The molecule has 0 saturated heterocycles. The van der Waals surface area contributed by atoms with Gasteiger partial charge >= 0.3 is 17.9 Å². The van der Waals surface area contributed by atoms with E-state index in [-0.39, 0.29) is 31.1 Å². The zero-order chi connectivity index (χ0) is 42.0. The number of unbranched alkanes of at least 4 members (excludes halogenated alkanes) is 26. The molecule has 0 heterocycles. The lowest BCUT2D eigenvalue weighted by Crippen LogP contribution is -2.30. The van der Waals surface area contributed by atoms with Crippen molar-refractivity contribution in [3.05, 3.63) is 0 Å². The van der Waals surface area contributed by atoms with E-state index in [4.69, 9.17) is 14.2 Å². The monoisotopic (exact) mass is 807 g/mol. The Morgan fingerprint density at radius 2 is 0.614 bits per heavy atom. The summed E-state index contributed by atoms with van der Waals surface area (Å²) >= 11 is 0. The topological polar surface area (TPSA) is 78.9 Å². The van der Waals surface area contributed by atoms with Gasteiger partial charge in [0.05, 0.1) is 0 Å². The molecular weight excluding hydrogens is 709 g/mol. The Morgan fingerprint density at radius 3 is 0.912 bits per heavy atom. The highest BCUT2D eigenvalue weighted by molar-refractivity contribution is 5.71. The molecule has 0 rings (SSSR count). The minimum Gasteiger partial charge on any atom is -0.462 e. The van der Waals surface area contributed by atoms with Crippen molar-refractivity contribution in [2.24, 2.45) is 17.8 Å². The van der Waals surface area contributed by atoms with Crippen LogP contribution in [0.1, 0.15) is 273 Å². The molecule has 0 N–H and O–H groups in total. The lowest BCUT2D eigenvalue weighted by atomic mass is 10.00. The molecule has 0 saturated carbocycles. The minimum atomic E-state index is -0.763. The van der Waals surface area contributed by atoms with E-state index in [9.17, 15) is 14.4 Å². The maximum absolute atomic E-state index is 12.7. The summed E-state index contributed by atoms with van der Waals surface area (Å²) in [6.45, 7) is 13.6. The fraction of sp³-hybridized carbons (Fsp3) is 0.941. The molecule has 0 aromatic carbocycles. The van der Waals surface area contributed by atoms with Gasteiger partial charge in [-0.3, -0.25) is 14.4 Å². The number of esters is 3. The maximum Gasteiger partial charge on any atom is 0.306 e. The Bertz CT molecular complexity index is 885. The summed E-state index contributed by atoms with van der Waals surface area (Å²) in [5, 5.41) is 0. The molecule has 6 heteroatoms. The van der Waals surface area contributed by atoms with E-state index in [1.54, 1.807) is 0 Å². The molecule has 0 radical (unpaired) electrons. The molecule has 0 bridgehead atoms. The standard InChI is InChI=1S/C51H98O6/c1-7-47(6)39-33-27-23-24-29-35-41-50(53)56-44-48(57-51(54)42-36-30-22-18-20-26-32-38-46(4)5)43-55-49(52)40-34-28-21-17-15-13-11-9-8-10-12-14-16-19-25-31-37-45(2)3/h45-48H,7-44H2,1-6H3/t47?,48-/m0/s1. The molecule has 0 fully saturated rings. The number of carbonyl (C=O) groups excluding carboxylic acids is 3. The summed E-state index contributed by atoms with van der Waals surface area (Å²) in [4.78, 5) is 37.8. The molecule has 0 amide bonds. The van der Waals surface area contributed by atoms with Crippen LogP contribution in [-0.4, -0.2) is 37.2 Å². The van der Waals surface area contributed by atoms with E-state index in [1.807, 2.05) is 0 Å². The molecule has 2 atom stereocenters. The second-order valence-corrected chi connectivity index (χ2v) is 18.6. The lowest BCUT2D eigenvalue weighted by molar-refractivity contribution is -0.167. The third-order valence-electron chi connectivity index (χ3n) is 11.8. The maximum atomic E-state index is 12.7. The summed E-state index contributed by atoms with van der Waals surface area (Å²) in [5.41, 5.74) is 0. The Kier molecular flexibility index (Phi) is 41.3. The van der Waals surface area contributed by atoms with E-state index in [2.05, 4.69) is 41.5 Å². The predicted molar refractivity (Wildman–Crippen MR) is 243 cm³/mol. The van der Waals surface area contributed by atoms with Crippen molar-refractivity contribution < 1.29 is 28.6 Å². The van der Waals surface area contributed by atoms with Crippen LogP contribution in [0.5, 0.6) is 0 Å². The minimum absolute atomic E-state index is 0.0662. The molecular formula is C51H98O6. The smallest absolute Gasteiger partial charge is 0.306 e. The van der Waals surface area contributed by atoms with E-state index in [0.717, 1.165) is 75.5 Å². The lowest BCUT2D eigenvalue weighted by Gasteiger charge is -2.18. The van der Waals surface area contributed by atoms with E-state index >= 15 is 0 Å². The van der Waals surface area contributed by atoms with Crippen molar-refractivity contribution in [1.82, 2.24) is 0 Å². The molecule has 0 aromatic rings. The third kappa shape index (κ3) is 43.8. The predicted octanol–water partition coefficient (Wildman–Crippen LogP) is 16.0. The highest BCUT2D eigenvalue weighted by atomic mass is 16.6. The third-order valence-corrected chi connectivity index (χ3v) is 11.8. The van der Waals surface area contributed by atoms with Gasteiger partial charge in [-0.15, -0.1) is 0 Å². The molecule has 0 spiro atoms. The van der Waals surface area contributed by atoms with Gasteiger partial charge in [0.2, 0.25) is 0 Å². The number of hydrogen-bond acceptors (Lipinski definition) is 6. The van der Waals surface area contributed by atoms with Gasteiger partial charge in [-0.2, -0.15) is 0 Å². The Labute approximate surface area is 355 Å². The zero-order valence-corrected chi connectivity index (χ0v) is 39.1. The van der Waals surface area contributed by atoms with Crippen molar-refractivity contribution >= 4 is 17.9 Å². The van der Waals surface area contributed by atoms with Crippen LogP contribution >= 0.6 is 0 Å². The summed E-state index contributed by atoms with van der Waals surface area (Å²) in [6.07, 6.45) is 41.1. The van der Waals surface area contributed by atoms with Crippen LogP contribution in [0, 0.1) is 17.8 Å². The average Bonchev–Trinajstić information content (AvgIpc) is 3.18. The first kappa shape index (κ1) is 55.4. The van der Waals surface area contributed by atoms with Crippen molar-refractivity contribution in [2.45, 2.75) is 279 Å². The fourth-order valence-electron chi connectivity index (χ4n) is 7.55. The van der Waals surface area contributed by atoms with Crippen LogP contribution in [0.25, 0.3) is 0 Å². The summed E-state index contributed by atoms with van der Waals surface area (Å²) in [5.74, 6) is 1.58. The number of carbonyl (C=O) groups is 3. The van der Waals surface area contributed by atoms with Crippen LogP contribution in [0.15, 0.2) is 0 Å². The molecule has 1 unspecified atom stereocenters. The van der Waals surface area contributed by atoms with E-state index in [1.165, 1.54) is 154 Å². The van der Waals surface area contributed by atoms with Crippen LogP contribution in [0.4, 0.5) is 0 Å². The van der Waals surface area contributed by atoms with Crippen LogP contribution in [-0.2, 0) is 28.6 Å². The Balaban J connectivity index is 4.22. The Hall–Kier alpha value is -1.59. The number of rotatable bonds is 44. The van der Waals surface area contributed by atoms with E-state index < -0.39 is 6.10 Å². The largest absolute Gasteiger partial charge is 0.462 e. The molecule has 6 nitrogen and oxygen atoms in total. The molecule has 0 aromatic heterocycles. The summed E-state index contributed by atoms with van der Waals surface area (Å²) in [6, 6.07) is 0. The first-order valence-electron chi connectivity index (χ1n) is 25.1. The first-order chi connectivity index (χ1) is 27.6. The van der Waals surface area contributed by atoms with Crippen LogP contribution in [0.3, 0.4) is 0 Å². The van der Waals surface area contributed by atoms with Crippen molar-refractivity contribution in [2.75, 3.05) is 13.2 Å². The molecule has 0 aliphatic heterocycles. The quantitative estimate of drug-likeness (QED) is 0.0347. The van der Waals surface area contributed by atoms with Crippen molar-refractivity contribution in [3.63, 3.8) is 0 Å². The van der Waals surface area contributed by atoms with Gasteiger partial charge in [0.25, 0.3) is 0 Å². The van der Waals surface area contributed by atoms with Gasteiger partial charge < -0.3 is 14.2 Å². The second kappa shape index (κ2) is 42.5. The molecule has 57 heavy (non-hydrogen) atoms. The number of hydrogen-bond donors (Lipinski definition) is 0. The second-order valence-electron chi connectivity index (χ2n) is 18.6. The van der Waals surface area contributed by atoms with Gasteiger partial charge in [0.15, 0.2) is 6.10 Å². The van der Waals surface area contributed by atoms with Gasteiger partial charge in [0, 0.05) is 19.3 Å². The van der Waals surface area contributed by atoms with Gasteiger partial charge in [-0.25, -0.2) is 0 Å². The van der Waals surface area contributed by atoms with Crippen molar-refractivity contribution in [3.8, 4) is 0 Å². The molecule has 338 valence electrons. The normalized spacial score (nSPS) is 12.6. The SMILES string of the molecule is CCC(C)CCCCCCCCC(=O)OC[C@H](COC(=O)CCCCCCCCCCCCCCCCCCC(C)C)OC(=O)CCCCCCCCCC(C)C. The summed E-state index contributed by atoms with van der Waals surface area (Å²) < 4.78 is 16.7. The van der Waals surface area contributed by atoms with Gasteiger partial charge in [-0.1, -0.05) is 234 Å². The fourth-order valence-corrected chi connectivity index (χ4v) is 7.55. The number of ether oxygens (including phenoxy) is 3. The Morgan fingerprint density at radius 1 is 0.351 bits per heavy atom. The van der Waals surface area contributed by atoms with Gasteiger partial charge in [0.1, 0.15) is 13.2 Å². The van der Waals surface area contributed by atoms with E-state index in [0.29, 0.717) is 19.3 Å². The highest BCUT2D eigenvalue weighted by Crippen LogP contribution is 2.18. The molecule has 0 aliphatic carbocycles. The van der Waals surface area contributed by atoms with Crippen molar-refractivity contribution in [1.29, 1.82) is 0 Å². The zero-order valence-electron chi connectivity index (χ0n) is 39.1. The van der Waals surface area contributed by atoms with Crippen LogP contribution < -0.4 is 0 Å².